The Morgan fingerprint density at radius 3 is 2.82 bits per heavy atom. The Bertz CT molecular complexity index is 134. The zero-order chi connectivity index (χ0) is 7.68. The van der Waals surface area contributed by atoms with E-state index in [9.17, 15) is 0 Å². The van der Waals surface area contributed by atoms with Crippen LogP contribution in [0.5, 0.6) is 0 Å². The number of nitrogens with two attached hydrogens (primary N) is 1. The standard InChI is InChI=1S/C9H18N2/c10-8-4-1-5-9-7(8)3-2-6-11-9/h7-9,11H,1-6,10H2/t7-,8+,9-/m0/s1. The molecule has 0 unspecified atom stereocenters. The quantitative estimate of drug-likeness (QED) is 0.543. The summed E-state index contributed by atoms with van der Waals surface area (Å²) < 4.78 is 0. The van der Waals surface area contributed by atoms with Crippen LogP contribution in [0.2, 0.25) is 0 Å². The summed E-state index contributed by atoms with van der Waals surface area (Å²) >= 11 is 0. The molecule has 1 aliphatic heterocycles. The van der Waals surface area contributed by atoms with Gasteiger partial charge in [-0.25, -0.2) is 0 Å². The molecule has 1 saturated carbocycles. The van der Waals surface area contributed by atoms with Crippen molar-refractivity contribution in [3.05, 3.63) is 0 Å². The molecule has 2 rings (SSSR count). The van der Waals surface area contributed by atoms with Gasteiger partial charge in [-0.15, -0.1) is 0 Å². The summed E-state index contributed by atoms with van der Waals surface area (Å²) in [6, 6.07) is 1.24. The molecule has 2 aliphatic rings. The summed E-state index contributed by atoms with van der Waals surface area (Å²) in [4.78, 5) is 0. The van der Waals surface area contributed by atoms with E-state index >= 15 is 0 Å². The predicted molar refractivity (Wildman–Crippen MR) is 46.3 cm³/mol. The molecule has 0 spiro atoms. The SMILES string of the molecule is N[C@@H]1CCC[C@@H]2NCCC[C@@H]12. The molecule has 3 N–H and O–H groups in total. The van der Waals surface area contributed by atoms with Gasteiger partial charge in [0.1, 0.15) is 0 Å². The Balaban J connectivity index is 1.99. The number of rotatable bonds is 0. The Hall–Kier alpha value is -0.0800. The Labute approximate surface area is 68.5 Å². The maximum atomic E-state index is 6.05. The first-order valence-electron chi connectivity index (χ1n) is 4.87. The van der Waals surface area contributed by atoms with E-state index in [-0.39, 0.29) is 0 Å². The van der Waals surface area contributed by atoms with Crippen molar-refractivity contribution in [1.29, 1.82) is 0 Å². The molecule has 0 amide bonds. The molecule has 11 heavy (non-hydrogen) atoms. The molecule has 1 aliphatic carbocycles. The van der Waals surface area contributed by atoms with Gasteiger partial charge in [0.05, 0.1) is 0 Å². The highest BCUT2D eigenvalue weighted by molar-refractivity contribution is 4.91. The third-order valence-electron chi connectivity index (χ3n) is 3.24. The molecule has 1 heterocycles. The largest absolute Gasteiger partial charge is 0.327 e. The van der Waals surface area contributed by atoms with Crippen LogP contribution in [0.3, 0.4) is 0 Å². The van der Waals surface area contributed by atoms with Gasteiger partial charge < -0.3 is 11.1 Å². The molecular formula is C9H18N2. The summed E-state index contributed by atoms with van der Waals surface area (Å²) in [5.74, 6) is 0.789. The zero-order valence-corrected chi connectivity index (χ0v) is 7.05. The fourth-order valence-corrected chi connectivity index (χ4v) is 2.59. The lowest BCUT2D eigenvalue weighted by Crippen LogP contribution is -2.51. The zero-order valence-electron chi connectivity index (χ0n) is 7.05. The van der Waals surface area contributed by atoms with Gasteiger partial charge in [-0.05, 0) is 38.1 Å². The van der Waals surface area contributed by atoms with Crippen molar-refractivity contribution in [2.45, 2.75) is 44.2 Å². The summed E-state index contributed by atoms with van der Waals surface area (Å²) in [5, 5.41) is 3.57. The van der Waals surface area contributed by atoms with E-state index in [1.165, 1.54) is 38.6 Å². The maximum Gasteiger partial charge on any atom is 0.0110 e. The van der Waals surface area contributed by atoms with Crippen molar-refractivity contribution in [2.75, 3.05) is 6.54 Å². The van der Waals surface area contributed by atoms with Crippen molar-refractivity contribution in [3.63, 3.8) is 0 Å². The second-order valence-corrected chi connectivity index (χ2v) is 3.96. The highest BCUT2D eigenvalue weighted by atomic mass is 14.9. The smallest absolute Gasteiger partial charge is 0.0110 e. The number of hydrogen-bond donors (Lipinski definition) is 2. The molecule has 0 bridgehead atoms. The monoisotopic (exact) mass is 154 g/mol. The summed E-state index contributed by atoms with van der Waals surface area (Å²) in [6.07, 6.45) is 6.63. The number of piperidine rings is 1. The van der Waals surface area contributed by atoms with Gasteiger partial charge in [-0.2, -0.15) is 0 Å². The molecule has 0 radical (unpaired) electrons. The molecule has 1 saturated heterocycles. The summed E-state index contributed by atoms with van der Waals surface area (Å²) in [5.41, 5.74) is 6.05. The van der Waals surface area contributed by atoms with Crippen LogP contribution in [0, 0.1) is 5.92 Å². The minimum atomic E-state index is 0.488. The van der Waals surface area contributed by atoms with E-state index in [2.05, 4.69) is 5.32 Å². The Morgan fingerprint density at radius 1 is 1.09 bits per heavy atom. The van der Waals surface area contributed by atoms with E-state index in [1.807, 2.05) is 0 Å². The Kier molecular flexibility index (Phi) is 2.14. The van der Waals surface area contributed by atoms with Crippen LogP contribution < -0.4 is 11.1 Å². The van der Waals surface area contributed by atoms with Crippen molar-refractivity contribution in [2.24, 2.45) is 11.7 Å². The van der Waals surface area contributed by atoms with Crippen molar-refractivity contribution in [1.82, 2.24) is 5.32 Å². The number of fused-ring (bicyclic) bond motifs is 1. The molecule has 2 heteroatoms. The van der Waals surface area contributed by atoms with Crippen molar-refractivity contribution >= 4 is 0 Å². The molecule has 64 valence electrons. The molecule has 2 nitrogen and oxygen atoms in total. The van der Waals surface area contributed by atoms with Crippen molar-refractivity contribution < 1.29 is 0 Å². The Morgan fingerprint density at radius 2 is 2.00 bits per heavy atom. The van der Waals surface area contributed by atoms with Gasteiger partial charge in [-0.1, -0.05) is 6.42 Å². The van der Waals surface area contributed by atoms with Gasteiger partial charge in [0.2, 0.25) is 0 Å². The van der Waals surface area contributed by atoms with E-state index in [4.69, 9.17) is 5.73 Å². The van der Waals surface area contributed by atoms with Gasteiger partial charge in [0.25, 0.3) is 0 Å². The molecule has 2 fully saturated rings. The molecular weight excluding hydrogens is 136 g/mol. The summed E-state index contributed by atoms with van der Waals surface area (Å²) in [7, 11) is 0. The number of nitrogens with one attached hydrogen (secondary N) is 1. The van der Waals surface area contributed by atoms with Gasteiger partial charge in [-0.3, -0.25) is 0 Å². The first-order chi connectivity index (χ1) is 5.38. The maximum absolute atomic E-state index is 6.05. The molecule has 0 aromatic carbocycles. The minimum Gasteiger partial charge on any atom is -0.327 e. The minimum absolute atomic E-state index is 0.488. The number of hydrogen-bond acceptors (Lipinski definition) is 2. The van der Waals surface area contributed by atoms with E-state index in [1.54, 1.807) is 0 Å². The first kappa shape index (κ1) is 7.56. The van der Waals surface area contributed by atoms with Gasteiger partial charge >= 0.3 is 0 Å². The van der Waals surface area contributed by atoms with Crippen LogP contribution in [0.25, 0.3) is 0 Å². The molecule has 3 atom stereocenters. The lowest BCUT2D eigenvalue weighted by molar-refractivity contribution is 0.184. The fraction of sp³-hybridized carbons (Fsp3) is 1.00. The highest BCUT2D eigenvalue weighted by Gasteiger charge is 2.32. The van der Waals surface area contributed by atoms with E-state index < -0.39 is 0 Å². The van der Waals surface area contributed by atoms with Gasteiger partial charge in [0.15, 0.2) is 0 Å². The third-order valence-corrected chi connectivity index (χ3v) is 3.24. The first-order valence-corrected chi connectivity index (χ1v) is 4.87. The normalized spacial score (nSPS) is 45.0. The lowest BCUT2D eigenvalue weighted by Gasteiger charge is -2.40. The lowest BCUT2D eigenvalue weighted by atomic mass is 9.76. The molecule has 0 aromatic rings. The second kappa shape index (κ2) is 3.11. The van der Waals surface area contributed by atoms with E-state index in [0.717, 1.165) is 12.0 Å². The average Bonchev–Trinajstić information content (AvgIpc) is 2.06. The third kappa shape index (κ3) is 1.42. The van der Waals surface area contributed by atoms with Crippen LogP contribution in [-0.2, 0) is 0 Å². The molecule has 0 aromatic heterocycles. The van der Waals surface area contributed by atoms with Crippen LogP contribution in [0.1, 0.15) is 32.1 Å². The summed E-state index contributed by atoms with van der Waals surface area (Å²) in [6.45, 7) is 1.22. The predicted octanol–water partition coefficient (Wildman–Crippen LogP) is 0.866. The van der Waals surface area contributed by atoms with Crippen molar-refractivity contribution in [3.8, 4) is 0 Å². The van der Waals surface area contributed by atoms with Crippen LogP contribution in [0.15, 0.2) is 0 Å². The van der Waals surface area contributed by atoms with E-state index in [0.29, 0.717) is 6.04 Å². The highest BCUT2D eigenvalue weighted by Crippen LogP contribution is 2.29. The van der Waals surface area contributed by atoms with Crippen LogP contribution >= 0.6 is 0 Å². The second-order valence-electron chi connectivity index (χ2n) is 3.96. The topological polar surface area (TPSA) is 38.0 Å². The fourth-order valence-electron chi connectivity index (χ4n) is 2.59. The van der Waals surface area contributed by atoms with Crippen LogP contribution in [0.4, 0.5) is 0 Å². The average molecular weight is 154 g/mol. The van der Waals surface area contributed by atoms with Crippen LogP contribution in [-0.4, -0.2) is 18.6 Å². The van der Waals surface area contributed by atoms with Gasteiger partial charge in [0, 0.05) is 12.1 Å².